The fourth-order valence-corrected chi connectivity index (χ4v) is 3.43. The summed E-state index contributed by atoms with van der Waals surface area (Å²) in [6.07, 6.45) is 4.60. The molecule has 3 N–H and O–H groups in total. The Bertz CT molecular complexity index is 1240. The maximum atomic E-state index is 14.6. The van der Waals surface area contributed by atoms with E-state index in [0.29, 0.717) is 17.9 Å². The van der Waals surface area contributed by atoms with Crippen LogP contribution < -0.4 is 20.1 Å². The monoisotopic (exact) mass is 451 g/mol. The molecule has 0 saturated heterocycles. The van der Waals surface area contributed by atoms with Crippen molar-refractivity contribution in [3.63, 3.8) is 0 Å². The number of carbonyl (C=O) groups is 1. The molecule has 2 aromatic carbocycles. The summed E-state index contributed by atoms with van der Waals surface area (Å²) in [6.45, 7) is 3.85. The van der Waals surface area contributed by atoms with Gasteiger partial charge in [0, 0.05) is 30.7 Å². The summed E-state index contributed by atoms with van der Waals surface area (Å²) in [5, 5.41) is 16.7. The van der Waals surface area contributed by atoms with Crippen LogP contribution in [0.15, 0.2) is 53.5 Å². The topological polar surface area (TPSA) is 122 Å². The highest BCUT2D eigenvalue weighted by Gasteiger charge is 2.34. The Kier molecular flexibility index (Phi) is 5.82. The Morgan fingerprint density at radius 2 is 2.12 bits per heavy atom. The minimum Gasteiger partial charge on any atom is -0.487 e. The van der Waals surface area contributed by atoms with E-state index in [-0.39, 0.29) is 28.5 Å². The second-order valence-electron chi connectivity index (χ2n) is 7.98. The maximum Gasteiger partial charge on any atom is 0.257 e. The van der Waals surface area contributed by atoms with Crippen LogP contribution in [-0.2, 0) is 6.42 Å². The first kappa shape index (κ1) is 22.0. The van der Waals surface area contributed by atoms with Gasteiger partial charge >= 0.3 is 0 Å². The zero-order valence-electron chi connectivity index (χ0n) is 18.2. The number of hydrogen-bond donors (Lipinski definition) is 3. The van der Waals surface area contributed by atoms with Crippen LogP contribution in [0.5, 0.6) is 17.2 Å². The van der Waals surface area contributed by atoms with Crippen LogP contribution in [0, 0.1) is 11.2 Å². The van der Waals surface area contributed by atoms with Gasteiger partial charge in [-0.15, -0.1) is 0 Å². The zero-order valence-corrected chi connectivity index (χ0v) is 18.2. The van der Waals surface area contributed by atoms with Crippen LogP contribution in [-0.4, -0.2) is 34.5 Å². The lowest BCUT2D eigenvalue weighted by atomic mass is 9.99. The van der Waals surface area contributed by atoms with Crippen molar-refractivity contribution in [3.8, 4) is 28.6 Å². The standard InChI is InChI=1S/C23H22FN5O4/c1-23(2)11-16-18(32-14-4-5-15(17(24)10-14)21-27-12-31-29-21)8-13(9-19(16)33-23)22(30)28-20(25)6-7-26-3/h4-10,12,26H,11H2,1-3H3,(H2,25,28,30)/b7-6-. The van der Waals surface area contributed by atoms with Gasteiger partial charge in [-0.1, -0.05) is 5.16 Å². The molecule has 3 aromatic rings. The average molecular weight is 451 g/mol. The average Bonchev–Trinajstić information content (AvgIpc) is 3.39. The largest absolute Gasteiger partial charge is 0.487 e. The Morgan fingerprint density at radius 3 is 2.82 bits per heavy atom. The third-order valence-electron chi connectivity index (χ3n) is 4.85. The third-order valence-corrected chi connectivity index (χ3v) is 4.85. The number of aromatic nitrogens is 2. The van der Waals surface area contributed by atoms with Gasteiger partial charge < -0.3 is 24.6 Å². The van der Waals surface area contributed by atoms with Crippen molar-refractivity contribution >= 4 is 11.7 Å². The van der Waals surface area contributed by atoms with Crippen molar-refractivity contribution < 1.29 is 23.2 Å². The minimum absolute atomic E-state index is 0.0855. The van der Waals surface area contributed by atoms with Gasteiger partial charge in [0.05, 0.1) is 5.56 Å². The molecule has 1 aromatic heterocycles. The summed E-state index contributed by atoms with van der Waals surface area (Å²) in [6, 6.07) is 7.44. The Hall–Kier alpha value is -4.21. The van der Waals surface area contributed by atoms with E-state index in [0.717, 1.165) is 12.0 Å². The summed E-state index contributed by atoms with van der Waals surface area (Å²) in [5.41, 5.74) is 0.690. The number of carbonyl (C=O) groups excluding carboxylic acids is 1. The fourth-order valence-electron chi connectivity index (χ4n) is 3.43. The van der Waals surface area contributed by atoms with E-state index < -0.39 is 17.3 Å². The first-order valence-corrected chi connectivity index (χ1v) is 10.1. The Balaban J connectivity index is 1.65. The quantitative estimate of drug-likeness (QED) is 0.385. The highest BCUT2D eigenvalue weighted by molar-refractivity contribution is 6.09. The molecule has 0 bridgehead atoms. The fraction of sp³-hybridized carbons (Fsp3) is 0.217. The van der Waals surface area contributed by atoms with Crippen molar-refractivity contribution in [1.29, 1.82) is 5.41 Å². The summed E-state index contributed by atoms with van der Waals surface area (Å²) < 4.78 is 31.3. The van der Waals surface area contributed by atoms with Crippen LogP contribution in [0.3, 0.4) is 0 Å². The molecule has 33 heavy (non-hydrogen) atoms. The van der Waals surface area contributed by atoms with Crippen LogP contribution >= 0.6 is 0 Å². The molecule has 0 saturated carbocycles. The predicted octanol–water partition coefficient (Wildman–Crippen LogP) is 3.82. The van der Waals surface area contributed by atoms with Crippen molar-refractivity contribution in [2.45, 2.75) is 25.9 Å². The molecule has 170 valence electrons. The van der Waals surface area contributed by atoms with Gasteiger partial charge in [-0.05, 0) is 50.4 Å². The van der Waals surface area contributed by atoms with Crippen LogP contribution in [0.2, 0.25) is 0 Å². The summed E-state index contributed by atoms with van der Waals surface area (Å²) >= 11 is 0. The minimum atomic E-state index is -0.583. The number of hydrogen-bond acceptors (Lipinski definition) is 8. The van der Waals surface area contributed by atoms with E-state index in [9.17, 15) is 9.18 Å². The van der Waals surface area contributed by atoms with Gasteiger partial charge in [0.15, 0.2) is 0 Å². The first-order chi connectivity index (χ1) is 15.8. The number of nitrogens with one attached hydrogen (secondary N) is 3. The smallest absolute Gasteiger partial charge is 0.257 e. The van der Waals surface area contributed by atoms with Gasteiger partial charge in [0.25, 0.3) is 5.91 Å². The lowest BCUT2D eigenvalue weighted by Gasteiger charge is -2.16. The predicted molar refractivity (Wildman–Crippen MR) is 118 cm³/mol. The van der Waals surface area contributed by atoms with E-state index in [1.165, 1.54) is 24.4 Å². The molecular formula is C23H22FN5O4. The Labute approximate surface area is 189 Å². The molecule has 0 radical (unpaired) electrons. The number of nitrogens with zero attached hydrogens (tertiary/aromatic N) is 2. The molecule has 9 nitrogen and oxygen atoms in total. The van der Waals surface area contributed by atoms with E-state index >= 15 is 0 Å². The van der Waals surface area contributed by atoms with Gasteiger partial charge in [-0.3, -0.25) is 10.2 Å². The molecule has 10 heteroatoms. The van der Waals surface area contributed by atoms with Crippen LogP contribution in [0.4, 0.5) is 4.39 Å². The molecular weight excluding hydrogens is 429 g/mol. The number of benzene rings is 2. The van der Waals surface area contributed by atoms with Gasteiger partial charge in [0.2, 0.25) is 12.2 Å². The van der Waals surface area contributed by atoms with E-state index in [1.54, 1.807) is 25.2 Å². The van der Waals surface area contributed by atoms with Crippen molar-refractivity contribution in [1.82, 2.24) is 20.8 Å². The lowest BCUT2D eigenvalue weighted by molar-refractivity contribution is 0.0975. The molecule has 1 aliphatic heterocycles. The normalized spacial score (nSPS) is 13.9. The molecule has 0 spiro atoms. The summed E-state index contributed by atoms with van der Waals surface area (Å²) in [7, 11) is 1.69. The van der Waals surface area contributed by atoms with Gasteiger partial charge in [-0.25, -0.2) is 4.39 Å². The highest BCUT2D eigenvalue weighted by atomic mass is 19.1. The molecule has 0 unspecified atom stereocenters. The maximum absolute atomic E-state index is 14.6. The SMILES string of the molecule is CN/C=C\C(=N)NC(=O)c1cc(Oc2ccc(-c3ncon3)c(F)c2)c2c(c1)OC(C)(C)C2. The first-order valence-electron chi connectivity index (χ1n) is 10.1. The summed E-state index contributed by atoms with van der Waals surface area (Å²) in [4.78, 5) is 16.6. The van der Waals surface area contributed by atoms with Crippen LogP contribution in [0.25, 0.3) is 11.4 Å². The van der Waals surface area contributed by atoms with Crippen LogP contribution in [0.1, 0.15) is 29.8 Å². The molecule has 1 amide bonds. The van der Waals surface area contributed by atoms with E-state index in [1.807, 2.05) is 13.8 Å². The molecule has 4 rings (SSSR count). The summed E-state index contributed by atoms with van der Waals surface area (Å²) in [5.74, 6) is 0.0623. The van der Waals surface area contributed by atoms with Crippen molar-refractivity contribution in [2.75, 3.05) is 7.05 Å². The van der Waals surface area contributed by atoms with Crippen molar-refractivity contribution in [3.05, 3.63) is 65.9 Å². The second kappa shape index (κ2) is 8.73. The molecule has 0 fully saturated rings. The second-order valence-corrected chi connectivity index (χ2v) is 7.98. The molecule has 0 aliphatic carbocycles. The number of ether oxygens (including phenoxy) is 2. The molecule has 1 aliphatic rings. The van der Waals surface area contributed by atoms with Gasteiger partial charge in [-0.2, -0.15) is 4.98 Å². The van der Waals surface area contributed by atoms with E-state index in [4.69, 9.17) is 14.9 Å². The number of rotatable bonds is 6. The zero-order chi connectivity index (χ0) is 23.6. The molecule has 0 atom stereocenters. The highest BCUT2D eigenvalue weighted by Crippen LogP contribution is 2.43. The number of amidine groups is 1. The van der Waals surface area contributed by atoms with E-state index in [2.05, 4.69) is 25.3 Å². The number of amides is 1. The number of fused-ring (bicyclic) bond motifs is 1. The molecule has 2 heterocycles. The lowest BCUT2D eigenvalue weighted by Crippen LogP contribution is -2.28. The van der Waals surface area contributed by atoms with Gasteiger partial charge in [0.1, 0.15) is 34.5 Å². The third kappa shape index (κ3) is 4.84. The Morgan fingerprint density at radius 1 is 1.30 bits per heavy atom. The van der Waals surface area contributed by atoms with Crippen molar-refractivity contribution in [2.24, 2.45) is 0 Å². The number of halogens is 1.